The van der Waals surface area contributed by atoms with Crippen LogP contribution in [0.2, 0.25) is 10.0 Å². The Morgan fingerprint density at radius 1 is 1.14 bits per heavy atom. The Bertz CT molecular complexity index is 724. The van der Waals surface area contributed by atoms with E-state index < -0.39 is 22.5 Å². The largest absolute Gasteiger partial charge is 0.324 e. The molecule has 1 unspecified atom stereocenters. The van der Waals surface area contributed by atoms with E-state index in [0.29, 0.717) is 16.3 Å². The van der Waals surface area contributed by atoms with Gasteiger partial charge in [-0.05, 0) is 18.2 Å². The average molecular weight is 360 g/mol. The quantitative estimate of drug-likeness (QED) is 0.876. The number of carbonyl (C=O) groups excluding carboxylic acids is 1. The highest BCUT2D eigenvalue weighted by molar-refractivity contribution is 7.84. The van der Waals surface area contributed by atoms with Crippen LogP contribution in [0, 0.1) is 5.82 Å². The van der Waals surface area contributed by atoms with Crippen LogP contribution in [-0.4, -0.2) is 15.9 Å². The minimum Gasteiger partial charge on any atom is -0.324 e. The molecule has 0 aromatic heterocycles. The first-order chi connectivity index (χ1) is 10.5. The third kappa shape index (κ3) is 4.53. The molecule has 0 radical (unpaired) electrons. The predicted molar refractivity (Wildman–Crippen MR) is 88.2 cm³/mol. The molecule has 0 fully saturated rings. The fraction of sp³-hybridized carbons (Fsp3) is 0.133. The van der Waals surface area contributed by atoms with E-state index in [0.717, 1.165) is 0 Å². The van der Waals surface area contributed by atoms with Crippen molar-refractivity contribution in [3.8, 4) is 0 Å². The molecular weight excluding hydrogens is 348 g/mol. The van der Waals surface area contributed by atoms with Gasteiger partial charge >= 0.3 is 0 Å². The van der Waals surface area contributed by atoms with E-state index in [1.54, 1.807) is 36.4 Å². The molecule has 0 saturated heterocycles. The molecule has 22 heavy (non-hydrogen) atoms. The molecule has 1 atom stereocenters. The van der Waals surface area contributed by atoms with Gasteiger partial charge in [0.1, 0.15) is 11.6 Å². The number of rotatable bonds is 5. The lowest BCUT2D eigenvalue weighted by Crippen LogP contribution is -2.20. The van der Waals surface area contributed by atoms with Crippen LogP contribution < -0.4 is 5.32 Å². The second-order valence-electron chi connectivity index (χ2n) is 4.47. The van der Waals surface area contributed by atoms with Crippen LogP contribution >= 0.6 is 23.2 Å². The number of benzene rings is 2. The lowest BCUT2D eigenvalue weighted by Gasteiger charge is -2.08. The van der Waals surface area contributed by atoms with Gasteiger partial charge in [0.25, 0.3) is 0 Å². The molecule has 0 saturated carbocycles. The molecule has 1 amide bonds. The smallest absolute Gasteiger partial charge is 0.237 e. The number of hydrogen-bond donors (Lipinski definition) is 1. The van der Waals surface area contributed by atoms with E-state index in [1.165, 1.54) is 6.07 Å². The van der Waals surface area contributed by atoms with Gasteiger partial charge in [-0.15, -0.1) is 0 Å². The van der Waals surface area contributed by atoms with Gasteiger partial charge < -0.3 is 5.32 Å². The van der Waals surface area contributed by atoms with Crippen molar-refractivity contribution in [2.75, 3.05) is 11.1 Å². The van der Waals surface area contributed by atoms with Gasteiger partial charge in [0.2, 0.25) is 5.91 Å². The maximum absolute atomic E-state index is 13.5. The summed E-state index contributed by atoms with van der Waals surface area (Å²) in [7, 11) is -1.53. The molecule has 0 heterocycles. The van der Waals surface area contributed by atoms with E-state index >= 15 is 0 Å². The van der Waals surface area contributed by atoms with E-state index in [1.807, 2.05) is 0 Å². The molecule has 2 aromatic rings. The minimum absolute atomic E-state index is 0.0244. The van der Waals surface area contributed by atoms with E-state index in [4.69, 9.17) is 23.2 Å². The van der Waals surface area contributed by atoms with Gasteiger partial charge in [-0.3, -0.25) is 9.00 Å². The van der Waals surface area contributed by atoms with Crippen molar-refractivity contribution in [2.24, 2.45) is 0 Å². The molecule has 0 bridgehead atoms. The zero-order valence-electron chi connectivity index (χ0n) is 11.3. The monoisotopic (exact) mass is 359 g/mol. The van der Waals surface area contributed by atoms with Gasteiger partial charge in [0.15, 0.2) is 0 Å². The summed E-state index contributed by atoms with van der Waals surface area (Å²) < 4.78 is 25.4. The van der Waals surface area contributed by atoms with Gasteiger partial charge in [-0.2, -0.15) is 0 Å². The Labute approximate surface area is 139 Å². The maximum atomic E-state index is 13.5. The van der Waals surface area contributed by atoms with Crippen molar-refractivity contribution in [3.63, 3.8) is 0 Å². The zero-order valence-corrected chi connectivity index (χ0v) is 13.6. The molecule has 0 spiro atoms. The van der Waals surface area contributed by atoms with E-state index in [9.17, 15) is 13.4 Å². The van der Waals surface area contributed by atoms with Crippen molar-refractivity contribution in [2.45, 2.75) is 5.75 Å². The Balaban J connectivity index is 1.96. The van der Waals surface area contributed by atoms with Crippen molar-refractivity contribution >= 4 is 45.6 Å². The summed E-state index contributed by atoms with van der Waals surface area (Å²) in [6.07, 6.45) is 0. The second-order valence-corrected chi connectivity index (χ2v) is 6.71. The first-order valence-corrected chi connectivity index (χ1v) is 8.54. The number of carbonyl (C=O) groups is 1. The first-order valence-electron chi connectivity index (χ1n) is 6.29. The number of anilines is 1. The predicted octanol–water partition coefficient (Wildman–Crippen LogP) is 4.02. The van der Waals surface area contributed by atoms with Crippen molar-refractivity contribution < 1.29 is 13.4 Å². The van der Waals surface area contributed by atoms with Gasteiger partial charge in [-0.1, -0.05) is 47.5 Å². The minimum atomic E-state index is -1.53. The van der Waals surface area contributed by atoms with Crippen LogP contribution in [0.3, 0.4) is 0 Å². The maximum Gasteiger partial charge on any atom is 0.237 e. The summed E-state index contributed by atoms with van der Waals surface area (Å²) in [5, 5.41) is 3.07. The highest BCUT2D eigenvalue weighted by Crippen LogP contribution is 2.29. The third-order valence-corrected chi connectivity index (χ3v) is 4.83. The summed E-state index contributed by atoms with van der Waals surface area (Å²) in [4.78, 5) is 11.9. The van der Waals surface area contributed by atoms with Crippen LogP contribution in [-0.2, 0) is 21.3 Å². The summed E-state index contributed by atoms with van der Waals surface area (Å²) >= 11 is 11.8. The highest BCUT2D eigenvalue weighted by Gasteiger charge is 2.13. The van der Waals surface area contributed by atoms with Crippen LogP contribution in [0.25, 0.3) is 0 Å². The lowest BCUT2D eigenvalue weighted by molar-refractivity contribution is -0.113. The molecular formula is C15H12Cl2FNO2S. The van der Waals surface area contributed by atoms with Crippen molar-refractivity contribution in [1.29, 1.82) is 0 Å². The Morgan fingerprint density at radius 3 is 2.59 bits per heavy atom. The molecule has 2 rings (SSSR count). The Kier molecular flexibility index (Phi) is 5.94. The topological polar surface area (TPSA) is 46.2 Å². The molecule has 0 aliphatic rings. The van der Waals surface area contributed by atoms with Gasteiger partial charge in [0.05, 0.1) is 21.5 Å². The van der Waals surface area contributed by atoms with Crippen LogP contribution in [0.1, 0.15) is 5.56 Å². The Hall–Kier alpha value is -1.43. The van der Waals surface area contributed by atoms with E-state index in [2.05, 4.69) is 5.32 Å². The number of nitrogens with one attached hydrogen (secondary N) is 1. The second kappa shape index (κ2) is 7.72. The SMILES string of the molecule is O=C(CS(=O)Cc1ccccc1F)Nc1cccc(Cl)c1Cl. The molecule has 116 valence electrons. The first kappa shape index (κ1) is 16.9. The molecule has 2 aromatic carbocycles. The highest BCUT2D eigenvalue weighted by atomic mass is 35.5. The molecule has 7 heteroatoms. The van der Waals surface area contributed by atoms with Crippen LogP contribution in [0.15, 0.2) is 42.5 Å². The molecule has 3 nitrogen and oxygen atoms in total. The lowest BCUT2D eigenvalue weighted by atomic mass is 10.2. The average Bonchev–Trinajstić information content (AvgIpc) is 2.46. The summed E-state index contributed by atoms with van der Waals surface area (Å²) in [5.74, 6) is -1.19. The third-order valence-electron chi connectivity index (χ3n) is 2.79. The summed E-state index contributed by atoms with van der Waals surface area (Å²) in [5.41, 5.74) is 0.663. The Morgan fingerprint density at radius 2 is 1.86 bits per heavy atom. The summed E-state index contributed by atoms with van der Waals surface area (Å²) in [6.45, 7) is 0. The number of halogens is 3. The van der Waals surface area contributed by atoms with Gasteiger partial charge in [0, 0.05) is 16.4 Å². The molecule has 0 aliphatic heterocycles. The normalized spacial score (nSPS) is 12.0. The van der Waals surface area contributed by atoms with E-state index in [-0.39, 0.29) is 16.5 Å². The standard InChI is InChI=1S/C15H12Cl2FNO2S/c16-11-5-3-7-13(15(11)17)19-14(20)9-22(21)8-10-4-1-2-6-12(10)18/h1-7H,8-9H2,(H,19,20). The van der Waals surface area contributed by atoms with Crippen LogP contribution in [0.4, 0.5) is 10.1 Å². The fourth-order valence-electron chi connectivity index (χ4n) is 1.77. The molecule has 1 N–H and O–H groups in total. The molecule has 0 aliphatic carbocycles. The van der Waals surface area contributed by atoms with Gasteiger partial charge in [-0.25, -0.2) is 4.39 Å². The number of amides is 1. The number of hydrogen-bond acceptors (Lipinski definition) is 2. The van der Waals surface area contributed by atoms with Crippen molar-refractivity contribution in [1.82, 2.24) is 0 Å². The zero-order chi connectivity index (χ0) is 16.1. The van der Waals surface area contributed by atoms with Crippen LogP contribution in [0.5, 0.6) is 0 Å². The fourth-order valence-corrected chi connectivity index (χ4v) is 3.17. The summed E-state index contributed by atoms with van der Waals surface area (Å²) in [6, 6.07) is 10.9. The van der Waals surface area contributed by atoms with Crippen molar-refractivity contribution in [3.05, 3.63) is 63.9 Å².